The Morgan fingerprint density at radius 1 is 1.24 bits per heavy atom. The molecule has 138 valence electrons. The molecule has 1 aromatic carbocycles. The van der Waals surface area contributed by atoms with Crippen LogP contribution in [-0.2, 0) is 16.1 Å². The number of carboxylic acids is 1. The number of amides is 1. The fourth-order valence-corrected chi connectivity index (χ4v) is 3.54. The molecule has 0 radical (unpaired) electrons. The van der Waals surface area contributed by atoms with Gasteiger partial charge in [-0.1, -0.05) is 26.0 Å². The minimum Gasteiger partial charge on any atom is -0.481 e. The predicted octanol–water partition coefficient (Wildman–Crippen LogP) is 3.38. The molecule has 0 atom stereocenters. The second kappa shape index (κ2) is 8.88. The Labute approximate surface area is 150 Å². The Bertz CT molecular complexity index is 590. The quantitative estimate of drug-likeness (QED) is 0.822. The van der Waals surface area contributed by atoms with Gasteiger partial charge in [-0.3, -0.25) is 9.59 Å². The number of nitrogens with zero attached hydrogens (tertiary/aromatic N) is 2. The number of benzene rings is 1. The van der Waals surface area contributed by atoms with E-state index in [4.69, 9.17) is 5.11 Å². The highest BCUT2D eigenvalue weighted by atomic mass is 16.4. The van der Waals surface area contributed by atoms with E-state index in [9.17, 15) is 9.59 Å². The van der Waals surface area contributed by atoms with Crippen molar-refractivity contribution in [2.45, 2.75) is 46.1 Å². The number of aliphatic carboxylic acids is 1. The van der Waals surface area contributed by atoms with Crippen molar-refractivity contribution in [2.24, 2.45) is 11.8 Å². The van der Waals surface area contributed by atoms with Crippen LogP contribution in [-0.4, -0.2) is 42.0 Å². The van der Waals surface area contributed by atoms with Crippen LogP contribution in [0.3, 0.4) is 0 Å². The summed E-state index contributed by atoms with van der Waals surface area (Å²) >= 11 is 0. The minimum atomic E-state index is -0.685. The molecule has 0 unspecified atom stereocenters. The summed E-state index contributed by atoms with van der Waals surface area (Å²) in [6.45, 7) is 6.25. The lowest BCUT2D eigenvalue weighted by Crippen LogP contribution is -2.36. The molecule has 5 nitrogen and oxygen atoms in total. The molecule has 0 spiro atoms. The maximum absolute atomic E-state index is 12.5. The molecule has 5 heteroatoms. The van der Waals surface area contributed by atoms with Crippen molar-refractivity contribution in [3.8, 4) is 0 Å². The SMILES string of the molecule is CCC(CC)C(=O)N(C)Cc1cccc(N2CCC(C(=O)O)CC2)c1. The Morgan fingerprint density at radius 2 is 1.88 bits per heavy atom. The van der Waals surface area contributed by atoms with Gasteiger partial charge in [0.1, 0.15) is 0 Å². The van der Waals surface area contributed by atoms with Crippen LogP contribution < -0.4 is 4.90 Å². The van der Waals surface area contributed by atoms with E-state index in [0.29, 0.717) is 19.4 Å². The van der Waals surface area contributed by atoms with Crippen molar-refractivity contribution in [1.29, 1.82) is 0 Å². The van der Waals surface area contributed by atoms with Crippen molar-refractivity contribution >= 4 is 17.6 Å². The fraction of sp³-hybridized carbons (Fsp3) is 0.600. The normalized spacial score (nSPS) is 15.4. The molecule has 1 aromatic rings. The van der Waals surface area contributed by atoms with E-state index < -0.39 is 5.97 Å². The van der Waals surface area contributed by atoms with E-state index in [2.05, 4.69) is 30.9 Å². The van der Waals surface area contributed by atoms with Gasteiger partial charge in [0.05, 0.1) is 5.92 Å². The summed E-state index contributed by atoms with van der Waals surface area (Å²) in [5, 5.41) is 9.12. The summed E-state index contributed by atoms with van der Waals surface area (Å²) in [4.78, 5) is 27.6. The Morgan fingerprint density at radius 3 is 2.44 bits per heavy atom. The smallest absolute Gasteiger partial charge is 0.306 e. The number of anilines is 1. The van der Waals surface area contributed by atoms with Crippen LogP contribution in [0.2, 0.25) is 0 Å². The summed E-state index contributed by atoms with van der Waals surface area (Å²) in [6, 6.07) is 8.25. The van der Waals surface area contributed by atoms with Crippen LogP contribution in [0.25, 0.3) is 0 Å². The maximum atomic E-state index is 12.5. The molecule has 1 fully saturated rings. The van der Waals surface area contributed by atoms with E-state index >= 15 is 0 Å². The molecule has 2 rings (SSSR count). The Hall–Kier alpha value is -2.04. The molecule has 0 aromatic heterocycles. The average Bonchev–Trinajstić information content (AvgIpc) is 2.63. The van der Waals surface area contributed by atoms with Crippen LogP contribution >= 0.6 is 0 Å². The lowest BCUT2D eigenvalue weighted by Gasteiger charge is -2.32. The molecule has 25 heavy (non-hydrogen) atoms. The summed E-state index contributed by atoms with van der Waals surface area (Å²) in [5.74, 6) is -0.598. The van der Waals surface area contributed by atoms with Gasteiger partial charge in [-0.15, -0.1) is 0 Å². The molecule has 0 bridgehead atoms. The molecule has 1 aliphatic heterocycles. The third kappa shape index (κ3) is 4.97. The second-order valence-corrected chi connectivity index (χ2v) is 6.98. The molecule has 0 saturated carbocycles. The standard InChI is InChI=1S/C20H30N2O3/c1-4-16(5-2)19(23)21(3)14-15-7-6-8-18(13-15)22-11-9-17(10-12-22)20(24)25/h6-8,13,16-17H,4-5,9-12,14H2,1-3H3,(H,24,25). The zero-order chi connectivity index (χ0) is 18.4. The first kappa shape index (κ1) is 19.3. The summed E-state index contributed by atoms with van der Waals surface area (Å²) < 4.78 is 0. The minimum absolute atomic E-state index is 0.100. The van der Waals surface area contributed by atoms with Gasteiger partial charge >= 0.3 is 5.97 Å². The number of piperidine rings is 1. The van der Waals surface area contributed by atoms with Gasteiger partial charge in [-0.05, 0) is 43.4 Å². The largest absolute Gasteiger partial charge is 0.481 e. The van der Waals surface area contributed by atoms with Gasteiger partial charge < -0.3 is 14.9 Å². The van der Waals surface area contributed by atoms with E-state index in [0.717, 1.165) is 37.2 Å². The molecule has 1 aliphatic rings. The van der Waals surface area contributed by atoms with Crippen molar-refractivity contribution < 1.29 is 14.7 Å². The molecule has 1 saturated heterocycles. The monoisotopic (exact) mass is 346 g/mol. The second-order valence-electron chi connectivity index (χ2n) is 6.98. The number of carboxylic acid groups (broad SMARTS) is 1. The first-order valence-electron chi connectivity index (χ1n) is 9.27. The van der Waals surface area contributed by atoms with Gasteiger partial charge in [-0.25, -0.2) is 0 Å². The van der Waals surface area contributed by atoms with Crippen molar-refractivity contribution in [3.05, 3.63) is 29.8 Å². The molecule has 1 heterocycles. The van der Waals surface area contributed by atoms with E-state index in [1.807, 2.05) is 24.1 Å². The number of hydrogen-bond acceptors (Lipinski definition) is 3. The van der Waals surface area contributed by atoms with Gasteiger partial charge in [0.25, 0.3) is 0 Å². The summed E-state index contributed by atoms with van der Waals surface area (Å²) in [6.07, 6.45) is 3.12. The van der Waals surface area contributed by atoms with Crippen LogP contribution in [0, 0.1) is 11.8 Å². The zero-order valence-electron chi connectivity index (χ0n) is 15.6. The lowest BCUT2D eigenvalue weighted by atomic mass is 9.96. The highest BCUT2D eigenvalue weighted by molar-refractivity contribution is 5.78. The third-order valence-corrected chi connectivity index (χ3v) is 5.25. The number of carbonyl (C=O) groups excluding carboxylic acids is 1. The highest BCUT2D eigenvalue weighted by Gasteiger charge is 2.25. The van der Waals surface area contributed by atoms with Crippen LogP contribution in [0.1, 0.15) is 45.1 Å². The van der Waals surface area contributed by atoms with Gasteiger partial charge in [0.2, 0.25) is 5.91 Å². The van der Waals surface area contributed by atoms with Crippen molar-refractivity contribution in [1.82, 2.24) is 4.90 Å². The third-order valence-electron chi connectivity index (χ3n) is 5.25. The highest BCUT2D eigenvalue weighted by Crippen LogP contribution is 2.25. The molecule has 1 amide bonds. The molecular weight excluding hydrogens is 316 g/mol. The van der Waals surface area contributed by atoms with Crippen LogP contribution in [0.5, 0.6) is 0 Å². The first-order chi connectivity index (χ1) is 12.0. The summed E-state index contributed by atoms with van der Waals surface area (Å²) in [7, 11) is 1.87. The van der Waals surface area contributed by atoms with Crippen molar-refractivity contribution in [3.63, 3.8) is 0 Å². The Kier molecular flexibility index (Phi) is 6.85. The van der Waals surface area contributed by atoms with Gasteiger partial charge in [0.15, 0.2) is 0 Å². The van der Waals surface area contributed by atoms with E-state index in [1.54, 1.807) is 0 Å². The Balaban J connectivity index is 1.99. The number of rotatable bonds is 7. The number of hydrogen-bond donors (Lipinski definition) is 1. The van der Waals surface area contributed by atoms with E-state index in [-0.39, 0.29) is 17.7 Å². The number of carbonyl (C=O) groups is 2. The van der Waals surface area contributed by atoms with Crippen LogP contribution in [0.15, 0.2) is 24.3 Å². The average molecular weight is 346 g/mol. The molecular formula is C20H30N2O3. The fourth-order valence-electron chi connectivity index (χ4n) is 3.54. The summed E-state index contributed by atoms with van der Waals surface area (Å²) in [5.41, 5.74) is 2.23. The lowest BCUT2D eigenvalue weighted by molar-refractivity contribution is -0.142. The van der Waals surface area contributed by atoms with Gasteiger partial charge in [0, 0.05) is 38.3 Å². The zero-order valence-corrected chi connectivity index (χ0v) is 15.6. The molecule has 0 aliphatic carbocycles. The first-order valence-corrected chi connectivity index (χ1v) is 9.27. The van der Waals surface area contributed by atoms with Crippen LogP contribution in [0.4, 0.5) is 5.69 Å². The van der Waals surface area contributed by atoms with Crippen molar-refractivity contribution in [2.75, 3.05) is 25.0 Å². The topological polar surface area (TPSA) is 60.9 Å². The maximum Gasteiger partial charge on any atom is 0.306 e. The van der Waals surface area contributed by atoms with E-state index in [1.165, 1.54) is 0 Å². The van der Waals surface area contributed by atoms with Gasteiger partial charge in [-0.2, -0.15) is 0 Å². The molecule has 1 N–H and O–H groups in total. The predicted molar refractivity (Wildman–Crippen MR) is 99.6 cm³/mol.